The molecule has 3 atom stereocenters. The number of aliphatic hydroxyl groups is 1. The molecule has 0 saturated carbocycles. The van der Waals surface area contributed by atoms with E-state index in [1.165, 1.54) is 17.1 Å². The topological polar surface area (TPSA) is 220 Å². The first-order valence-electron chi connectivity index (χ1n) is 18.6. The monoisotopic (exact) mass is 782 g/mol. The Morgan fingerprint density at radius 3 is 2.67 bits per heavy atom. The van der Waals surface area contributed by atoms with Crippen molar-refractivity contribution in [2.45, 2.75) is 63.4 Å². The molecular weight excluding hydrogens is 745 g/mol. The summed E-state index contributed by atoms with van der Waals surface area (Å²) in [5.74, 6) is 8.15. The molecule has 15 nitrogen and oxygen atoms in total. The minimum absolute atomic E-state index is 0.0173. The van der Waals surface area contributed by atoms with Gasteiger partial charge < -0.3 is 40.8 Å². The molecule has 3 unspecified atom stereocenters. The zero-order valence-corrected chi connectivity index (χ0v) is 31.3. The molecular formula is C43H38N6O9. The second kappa shape index (κ2) is 16.5. The number of nitrogens with zero attached hydrogens (tertiary/aromatic N) is 2. The van der Waals surface area contributed by atoms with Crippen LogP contribution in [0.15, 0.2) is 77.1 Å². The Morgan fingerprint density at radius 2 is 1.84 bits per heavy atom. The summed E-state index contributed by atoms with van der Waals surface area (Å²) >= 11 is 0. The third kappa shape index (κ3) is 8.30. The van der Waals surface area contributed by atoms with Gasteiger partial charge in [0.1, 0.15) is 11.9 Å². The quantitative estimate of drug-likeness (QED) is 0.0697. The normalized spacial score (nSPS) is 19.1. The number of aromatic nitrogens is 2. The van der Waals surface area contributed by atoms with Crippen LogP contribution in [0, 0.1) is 30.6 Å². The number of H-pyrrole nitrogens is 1. The Balaban J connectivity index is 0.894. The predicted molar refractivity (Wildman–Crippen MR) is 212 cm³/mol. The minimum Gasteiger partial charge on any atom is -0.480 e. The summed E-state index contributed by atoms with van der Waals surface area (Å²) in [6.07, 6.45) is 2.29. The Hall–Kier alpha value is -7.23. The average molecular weight is 783 g/mol. The number of aryl methyl sites for hydroxylation is 1. The van der Waals surface area contributed by atoms with Crippen molar-refractivity contribution in [1.29, 1.82) is 0 Å². The molecule has 294 valence electrons. The standard InChI is InChI=1S/C43H38N6O9/c1-25-47-33-14-11-27-10-9-26(21-32(27)37(33)39(52)48-25)23-46-29-12-13-30-28(22-29)24-49(40(30)53)34(41(54)55)15-16-36(50)44-19-20-45-42(56)58-35-8-4-2-3-5-17-43(57)18-6-7-31(35)38(43)51/h2-3,7,9-14,21-22,34-35,46,57H,6,15-16,18-20,23-24H2,1H3,(H,44,50)(H,45,56)(H,54,55)(H,47,48,52)/b3-2-. The van der Waals surface area contributed by atoms with Crippen molar-refractivity contribution in [3.05, 3.63) is 105 Å². The van der Waals surface area contributed by atoms with E-state index in [4.69, 9.17) is 4.74 Å². The maximum Gasteiger partial charge on any atom is 0.408 e. The lowest BCUT2D eigenvalue weighted by Crippen LogP contribution is -2.44. The molecule has 3 aromatic carbocycles. The first kappa shape index (κ1) is 39.0. The number of allylic oxidation sites excluding steroid dienone is 3. The number of carbonyl (C=O) groups is 5. The molecule has 2 heterocycles. The molecule has 58 heavy (non-hydrogen) atoms. The van der Waals surface area contributed by atoms with Crippen LogP contribution in [-0.4, -0.2) is 85.6 Å². The van der Waals surface area contributed by atoms with Gasteiger partial charge in [-0.3, -0.25) is 19.2 Å². The van der Waals surface area contributed by atoms with Gasteiger partial charge >= 0.3 is 12.1 Å². The number of ketones is 1. The zero-order valence-electron chi connectivity index (χ0n) is 31.3. The summed E-state index contributed by atoms with van der Waals surface area (Å²) in [7, 11) is 0. The lowest BCUT2D eigenvalue weighted by Gasteiger charge is -2.28. The highest BCUT2D eigenvalue weighted by Crippen LogP contribution is 2.30. The second-order valence-electron chi connectivity index (χ2n) is 14.1. The van der Waals surface area contributed by atoms with E-state index in [9.17, 15) is 39.0 Å². The van der Waals surface area contributed by atoms with E-state index in [0.717, 1.165) is 16.3 Å². The highest BCUT2D eigenvalue weighted by molar-refractivity contribution is 6.07. The minimum atomic E-state index is -1.90. The lowest BCUT2D eigenvalue weighted by molar-refractivity contribution is -0.142. The van der Waals surface area contributed by atoms with Gasteiger partial charge in [-0.2, -0.15) is 0 Å². The number of hydrogen-bond donors (Lipinski definition) is 6. The molecule has 0 spiro atoms. The number of benzene rings is 3. The number of rotatable bonds is 12. The summed E-state index contributed by atoms with van der Waals surface area (Å²) in [5, 5.41) is 31.4. The highest BCUT2D eigenvalue weighted by Gasteiger charge is 2.42. The zero-order chi connectivity index (χ0) is 41.0. The molecule has 3 amide bonds. The molecule has 2 bridgehead atoms. The first-order valence-corrected chi connectivity index (χ1v) is 18.6. The number of aromatic amines is 1. The van der Waals surface area contributed by atoms with Crippen LogP contribution in [0.3, 0.4) is 0 Å². The van der Waals surface area contributed by atoms with Crippen LogP contribution in [0.5, 0.6) is 0 Å². The van der Waals surface area contributed by atoms with Crippen molar-refractivity contribution in [1.82, 2.24) is 25.5 Å². The highest BCUT2D eigenvalue weighted by atomic mass is 16.6. The van der Waals surface area contributed by atoms with Gasteiger partial charge in [0.05, 0.1) is 10.9 Å². The Kier molecular flexibility index (Phi) is 11.1. The SMILES string of the molecule is Cc1nc2ccc3ccc(CNc4ccc5c(c4)CN(C(CCC(=O)NCCNC(=O)OC4C#C/C=C\C#CC6(O)CCC=C4C6=O)C(=O)O)C5=O)cc3c2c(=O)[nH]1. The van der Waals surface area contributed by atoms with Crippen LogP contribution in [0.25, 0.3) is 21.7 Å². The maximum absolute atomic E-state index is 13.3. The van der Waals surface area contributed by atoms with Crippen LogP contribution < -0.4 is 21.5 Å². The van der Waals surface area contributed by atoms with E-state index in [1.807, 2.05) is 30.3 Å². The third-order valence-corrected chi connectivity index (χ3v) is 10.1. The lowest BCUT2D eigenvalue weighted by atomic mass is 9.81. The summed E-state index contributed by atoms with van der Waals surface area (Å²) in [6, 6.07) is 13.5. The number of carboxylic acid groups (broad SMARTS) is 1. The fourth-order valence-corrected chi connectivity index (χ4v) is 7.19. The van der Waals surface area contributed by atoms with E-state index in [-0.39, 0.29) is 50.0 Å². The number of hydrogen-bond acceptors (Lipinski definition) is 10. The smallest absolute Gasteiger partial charge is 0.408 e. The van der Waals surface area contributed by atoms with Crippen molar-refractivity contribution >= 4 is 57.0 Å². The number of fused-ring (bicyclic) bond motifs is 6. The number of anilines is 1. The molecule has 4 aromatic rings. The van der Waals surface area contributed by atoms with Crippen LogP contribution in [0.2, 0.25) is 0 Å². The third-order valence-electron chi connectivity index (χ3n) is 10.1. The number of Topliss-reactive ketones (excluding diaryl/α,β-unsaturated/α-hetero) is 1. The molecule has 2 aliphatic carbocycles. The van der Waals surface area contributed by atoms with Gasteiger partial charge in [0, 0.05) is 49.4 Å². The van der Waals surface area contributed by atoms with Gasteiger partial charge in [0.15, 0.2) is 11.7 Å². The van der Waals surface area contributed by atoms with Crippen molar-refractivity contribution in [3.63, 3.8) is 0 Å². The van der Waals surface area contributed by atoms with Crippen molar-refractivity contribution < 1.29 is 38.9 Å². The van der Waals surface area contributed by atoms with Crippen LogP contribution in [0.4, 0.5) is 10.5 Å². The first-order chi connectivity index (χ1) is 27.9. The van der Waals surface area contributed by atoms with Crippen LogP contribution >= 0.6 is 0 Å². The van der Waals surface area contributed by atoms with Crippen molar-refractivity contribution in [2.24, 2.45) is 0 Å². The van der Waals surface area contributed by atoms with Crippen LogP contribution in [-0.2, 0) is 32.2 Å². The van der Waals surface area contributed by atoms with E-state index < -0.39 is 47.4 Å². The molecule has 6 N–H and O–H groups in total. The molecule has 1 aromatic heterocycles. The van der Waals surface area contributed by atoms with E-state index in [0.29, 0.717) is 46.5 Å². The van der Waals surface area contributed by atoms with Gasteiger partial charge in [-0.1, -0.05) is 42.0 Å². The predicted octanol–water partition coefficient (Wildman–Crippen LogP) is 2.99. The molecule has 7 rings (SSSR count). The van der Waals surface area contributed by atoms with Crippen molar-refractivity contribution in [2.75, 3.05) is 18.4 Å². The van der Waals surface area contributed by atoms with E-state index >= 15 is 0 Å². The molecule has 0 saturated heterocycles. The summed E-state index contributed by atoms with van der Waals surface area (Å²) in [4.78, 5) is 85.1. The summed E-state index contributed by atoms with van der Waals surface area (Å²) < 4.78 is 5.37. The molecule has 0 radical (unpaired) electrons. The van der Waals surface area contributed by atoms with Gasteiger partial charge in [-0.05, 0) is 96.5 Å². The summed E-state index contributed by atoms with van der Waals surface area (Å²) in [5.41, 5.74) is 1.17. The average Bonchev–Trinajstić information content (AvgIpc) is 3.51. The molecule has 15 heteroatoms. The number of carboxylic acids is 1. The number of carbonyl (C=O) groups excluding carboxylic acids is 4. The molecule has 3 aliphatic rings. The van der Waals surface area contributed by atoms with Gasteiger partial charge in [-0.15, -0.1) is 0 Å². The number of alkyl carbamates (subject to hydrolysis) is 1. The Bertz CT molecular complexity index is 2640. The fourth-order valence-electron chi connectivity index (χ4n) is 7.19. The van der Waals surface area contributed by atoms with Gasteiger partial charge in [0.2, 0.25) is 11.7 Å². The van der Waals surface area contributed by atoms with Crippen molar-refractivity contribution in [3.8, 4) is 23.7 Å². The number of ether oxygens (including phenoxy) is 1. The van der Waals surface area contributed by atoms with Crippen LogP contribution in [0.1, 0.15) is 53.0 Å². The Labute approximate surface area is 331 Å². The maximum atomic E-state index is 13.3. The second-order valence-corrected chi connectivity index (χ2v) is 14.1. The van der Waals surface area contributed by atoms with Gasteiger partial charge in [-0.25, -0.2) is 14.6 Å². The van der Waals surface area contributed by atoms with E-state index in [2.05, 4.69) is 49.6 Å². The Morgan fingerprint density at radius 1 is 1.05 bits per heavy atom. The fraction of sp³-hybridized carbons (Fsp3) is 0.279. The number of nitrogens with one attached hydrogen (secondary N) is 4. The number of amides is 3. The van der Waals surface area contributed by atoms with E-state index in [1.54, 1.807) is 31.2 Å². The molecule has 1 aliphatic heterocycles. The summed E-state index contributed by atoms with van der Waals surface area (Å²) in [6.45, 7) is 2.12. The largest absolute Gasteiger partial charge is 0.480 e. The number of aliphatic carboxylic acids is 1. The molecule has 0 fully saturated rings. The van der Waals surface area contributed by atoms with Gasteiger partial charge in [0.25, 0.3) is 11.5 Å².